The first-order valence-electron chi connectivity index (χ1n) is 8.31. The maximum Gasteiger partial charge on any atom is 0.256 e. The number of nitrogens with zero attached hydrogens (tertiary/aromatic N) is 1. The van der Waals surface area contributed by atoms with E-state index in [1.54, 1.807) is 11.0 Å². The lowest BCUT2D eigenvalue weighted by atomic mass is 10.0. The molecule has 0 aromatic heterocycles. The van der Waals surface area contributed by atoms with Crippen LogP contribution >= 0.6 is 0 Å². The molecule has 0 radical (unpaired) electrons. The maximum absolute atomic E-state index is 12.8. The predicted molar refractivity (Wildman–Crippen MR) is 95.3 cm³/mol. The SMILES string of the molecule is CCCN1Cc2cccc(C(=O)Nc3cc(C)ccc3C)c2C1=O. The van der Waals surface area contributed by atoms with Gasteiger partial charge in [0, 0.05) is 18.8 Å². The molecule has 1 N–H and O–H groups in total. The fraction of sp³-hybridized carbons (Fsp3) is 0.300. The molecule has 4 heteroatoms. The summed E-state index contributed by atoms with van der Waals surface area (Å²) >= 11 is 0. The summed E-state index contributed by atoms with van der Waals surface area (Å²) in [5.74, 6) is -0.272. The van der Waals surface area contributed by atoms with Gasteiger partial charge >= 0.3 is 0 Å². The Morgan fingerprint density at radius 2 is 2.00 bits per heavy atom. The first-order chi connectivity index (χ1) is 11.5. The van der Waals surface area contributed by atoms with Crippen molar-refractivity contribution in [3.8, 4) is 0 Å². The Balaban J connectivity index is 1.92. The van der Waals surface area contributed by atoms with Gasteiger partial charge in [-0.15, -0.1) is 0 Å². The molecule has 2 aromatic rings. The highest BCUT2D eigenvalue weighted by atomic mass is 16.2. The van der Waals surface area contributed by atoms with Gasteiger partial charge in [0.05, 0.1) is 11.1 Å². The van der Waals surface area contributed by atoms with E-state index < -0.39 is 0 Å². The van der Waals surface area contributed by atoms with E-state index in [9.17, 15) is 9.59 Å². The molecule has 2 aromatic carbocycles. The standard InChI is InChI=1S/C20H22N2O2/c1-4-10-22-12-15-6-5-7-16(18(15)20(22)24)19(23)21-17-11-13(2)8-9-14(17)3/h5-9,11H,4,10,12H2,1-3H3,(H,21,23). The predicted octanol–water partition coefficient (Wildman–Crippen LogP) is 3.92. The van der Waals surface area contributed by atoms with E-state index in [0.717, 1.165) is 28.8 Å². The molecule has 0 saturated carbocycles. The summed E-state index contributed by atoms with van der Waals surface area (Å²) in [6.45, 7) is 7.29. The number of nitrogens with one attached hydrogen (secondary N) is 1. The lowest BCUT2D eigenvalue weighted by Crippen LogP contribution is -2.26. The molecule has 0 atom stereocenters. The molecule has 1 aliphatic heterocycles. The monoisotopic (exact) mass is 322 g/mol. The molecule has 1 heterocycles. The Kier molecular flexibility index (Phi) is 4.38. The number of aryl methyl sites for hydroxylation is 2. The number of benzene rings is 2. The van der Waals surface area contributed by atoms with Gasteiger partial charge in [0.15, 0.2) is 0 Å². The molecule has 24 heavy (non-hydrogen) atoms. The highest BCUT2D eigenvalue weighted by Gasteiger charge is 2.31. The highest BCUT2D eigenvalue weighted by molar-refractivity contribution is 6.13. The summed E-state index contributed by atoms with van der Waals surface area (Å²) in [4.78, 5) is 27.2. The fourth-order valence-electron chi connectivity index (χ4n) is 3.12. The molecule has 4 nitrogen and oxygen atoms in total. The summed E-state index contributed by atoms with van der Waals surface area (Å²) in [5, 5.41) is 2.95. The number of anilines is 1. The number of hydrogen-bond donors (Lipinski definition) is 1. The van der Waals surface area contributed by atoms with Gasteiger partial charge in [0.2, 0.25) is 0 Å². The summed E-state index contributed by atoms with van der Waals surface area (Å²) in [5.41, 5.74) is 4.81. The Labute approximate surface area is 142 Å². The van der Waals surface area contributed by atoms with Crippen LogP contribution in [0.5, 0.6) is 0 Å². The summed E-state index contributed by atoms with van der Waals surface area (Å²) in [6.07, 6.45) is 0.906. The smallest absolute Gasteiger partial charge is 0.256 e. The van der Waals surface area contributed by atoms with E-state index in [1.807, 2.05) is 51.1 Å². The Bertz CT molecular complexity index is 811. The maximum atomic E-state index is 12.8. The van der Waals surface area contributed by atoms with E-state index in [-0.39, 0.29) is 11.8 Å². The average Bonchev–Trinajstić information content (AvgIpc) is 2.87. The number of rotatable bonds is 4. The average molecular weight is 322 g/mol. The molecule has 0 spiro atoms. The van der Waals surface area contributed by atoms with Crippen molar-refractivity contribution in [2.75, 3.05) is 11.9 Å². The minimum atomic E-state index is -0.229. The van der Waals surface area contributed by atoms with Crippen LogP contribution in [-0.2, 0) is 6.54 Å². The van der Waals surface area contributed by atoms with Crippen LogP contribution in [0.3, 0.4) is 0 Å². The number of carbonyl (C=O) groups excluding carboxylic acids is 2. The lowest BCUT2D eigenvalue weighted by molar-refractivity contribution is 0.0774. The van der Waals surface area contributed by atoms with Crippen LogP contribution in [0.15, 0.2) is 36.4 Å². The van der Waals surface area contributed by atoms with Gasteiger partial charge in [-0.1, -0.05) is 31.2 Å². The van der Waals surface area contributed by atoms with Crippen molar-refractivity contribution >= 4 is 17.5 Å². The topological polar surface area (TPSA) is 49.4 Å². The number of hydrogen-bond acceptors (Lipinski definition) is 2. The molecular weight excluding hydrogens is 300 g/mol. The summed E-state index contributed by atoms with van der Waals surface area (Å²) in [7, 11) is 0. The molecule has 1 aliphatic rings. The summed E-state index contributed by atoms with van der Waals surface area (Å²) in [6, 6.07) is 11.4. The van der Waals surface area contributed by atoms with Gasteiger partial charge in [0.25, 0.3) is 11.8 Å². The van der Waals surface area contributed by atoms with Crippen LogP contribution < -0.4 is 5.32 Å². The minimum absolute atomic E-state index is 0.0430. The zero-order valence-corrected chi connectivity index (χ0v) is 14.3. The van der Waals surface area contributed by atoms with Crippen molar-refractivity contribution in [1.82, 2.24) is 4.90 Å². The molecule has 124 valence electrons. The van der Waals surface area contributed by atoms with Gasteiger partial charge in [-0.05, 0) is 49.1 Å². The van der Waals surface area contributed by atoms with Gasteiger partial charge in [0.1, 0.15) is 0 Å². The molecule has 0 fully saturated rings. The second-order valence-electron chi connectivity index (χ2n) is 6.34. The second kappa shape index (κ2) is 6.48. The van der Waals surface area contributed by atoms with Crippen LogP contribution in [0, 0.1) is 13.8 Å². The van der Waals surface area contributed by atoms with Crippen molar-refractivity contribution in [3.05, 3.63) is 64.2 Å². The minimum Gasteiger partial charge on any atom is -0.334 e. The van der Waals surface area contributed by atoms with E-state index in [1.165, 1.54) is 0 Å². The third-order valence-electron chi connectivity index (χ3n) is 4.39. The van der Waals surface area contributed by atoms with Crippen LogP contribution in [0.1, 0.15) is 50.8 Å². The number of carbonyl (C=O) groups is 2. The third-order valence-corrected chi connectivity index (χ3v) is 4.39. The highest BCUT2D eigenvalue weighted by Crippen LogP contribution is 2.27. The first kappa shape index (κ1) is 16.2. The second-order valence-corrected chi connectivity index (χ2v) is 6.34. The Morgan fingerprint density at radius 3 is 2.75 bits per heavy atom. The molecule has 0 aliphatic carbocycles. The zero-order valence-electron chi connectivity index (χ0n) is 14.3. The fourth-order valence-corrected chi connectivity index (χ4v) is 3.12. The van der Waals surface area contributed by atoms with E-state index in [2.05, 4.69) is 5.32 Å². The van der Waals surface area contributed by atoms with Crippen molar-refractivity contribution in [2.24, 2.45) is 0 Å². The van der Waals surface area contributed by atoms with Crippen LogP contribution in [0.2, 0.25) is 0 Å². The Hall–Kier alpha value is -2.62. The van der Waals surface area contributed by atoms with Crippen molar-refractivity contribution in [3.63, 3.8) is 0 Å². The number of amides is 2. The third kappa shape index (κ3) is 2.92. The van der Waals surface area contributed by atoms with Gasteiger partial charge in [-0.3, -0.25) is 9.59 Å². The van der Waals surface area contributed by atoms with Crippen molar-refractivity contribution < 1.29 is 9.59 Å². The molecule has 0 unspecified atom stereocenters. The van der Waals surface area contributed by atoms with E-state index in [0.29, 0.717) is 24.2 Å². The molecule has 0 bridgehead atoms. The summed E-state index contributed by atoms with van der Waals surface area (Å²) < 4.78 is 0. The first-order valence-corrected chi connectivity index (χ1v) is 8.31. The van der Waals surface area contributed by atoms with Gasteiger partial charge < -0.3 is 10.2 Å². The molecular formula is C20H22N2O2. The lowest BCUT2D eigenvalue weighted by Gasteiger charge is -2.14. The molecule has 2 amide bonds. The Morgan fingerprint density at radius 1 is 1.21 bits per heavy atom. The van der Waals surface area contributed by atoms with E-state index >= 15 is 0 Å². The molecule has 3 rings (SSSR count). The molecule has 0 saturated heterocycles. The van der Waals surface area contributed by atoms with Crippen LogP contribution in [-0.4, -0.2) is 23.3 Å². The van der Waals surface area contributed by atoms with Crippen molar-refractivity contribution in [2.45, 2.75) is 33.7 Å². The zero-order chi connectivity index (χ0) is 17.3. The normalized spacial score (nSPS) is 13.1. The van der Waals surface area contributed by atoms with E-state index in [4.69, 9.17) is 0 Å². The van der Waals surface area contributed by atoms with Crippen molar-refractivity contribution in [1.29, 1.82) is 0 Å². The van der Waals surface area contributed by atoms with Crippen LogP contribution in [0.4, 0.5) is 5.69 Å². The quantitative estimate of drug-likeness (QED) is 0.927. The van der Waals surface area contributed by atoms with Gasteiger partial charge in [-0.2, -0.15) is 0 Å². The largest absolute Gasteiger partial charge is 0.334 e. The van der Waals surface area contributed by atoms with Crippen LogP contribution in [0.25, 0.3) is 0 Å². The van der Waals surface area contributed by atoms with Gasteiger partial charge in [-0.25, -0.2) is 0 Å². The number of fused-ring (bicyclic) bond motifs is 1.